The number of nitrogens with zero attached hydrogens (tertiary/aromatic N) is 2. The predicted octanol–water partition coefficient (Wildman–Crippen LogP) is 5.04. The Kier molecular flexibility index (Phi) is 5.18. The lowest BCUT2D eigenvalue weighted by Crippen LogP contribution is -2.27. The van der Waals surface area contributed by atoms with Crippen molar-refractivity contribution in [1.29, 1.82) is 0 Å². The van der Waals surface area contributed by atoms with Gasteiger partial charge in [0.1, 0.15) is 11.5 Å². The number of carbonyl (C=O) groups excluding carboxylic acids is 1. The van der Waals surface area contributed by atoms with Crippen LogP contribution in [0.15, 0.2) is 47.0 Å². The number of nitrogens with one attached hydrogen (secondary N) is 1. The van der Waals surface area contributed by atoms with E-state index in [2.05, 4.69) is 10.4 Å². The molecule has 0 aliphatic rings. The predicted molar refractivity (Wildman–Crippen MR) is 102 cm³/mol. The second-order valence-corrected chi connectivity index (χ2v) is 7.07. The molecule has 0 saturated carbocycles. The van der Waals surface area contributed by atoms with E-state index in [1.54, 1.807) is 10.9 Å². The Morgan fingerprint density at radius 3 is 2.62 bits per heavy atom. The first-order valence-corrected chi connectivity index (χ1v) is 8.95. The molecule has 3 aromatic rings. The maximum atomic E-state index is 12.8. The average Bonchev–Trinajstić information content (AvgIpc) is 3.21. The van der Waals surface area contributed by atoms with Crippen molar-refractivity contribution in [2.75, 3.05) is 0 Å². The summed E-state index contributed by atoms with van der Waals surface area (Å²) in [6.07, 6.45) is 1.60. The van der Waals surface area contributed by atoms with Gasteiger partial charge in [0.2, 0.25) is 0 Å². The van der Waals surface area contributed by atoms with Crippen molar-refractivity contribution in [2.24, 2.45) is 0 Å². The Balaban J connectivity index is 1.91. The van der Waals surface area contributed by atoms with Crippen LogP contribution >= 0.6 is 11.6 Å². The Morgan fingerprint density at radius 1 is 1.23 bits per heavy atom. The second kappa shape index (κ2) is 7.38. The molecule has 0 aliphatic carbocycles. The van der Waals surface area contributed by atoms with E-state index in [-0.39, 0.29) is 17.9 Å². The van der Waals surface area contributed by atoms with Crippen molar-refractivity contribution in [2.45, 2.75) is 39.7 Å². The highest BCUT2D eigenvalue weighted by Gasteiger charge is 2.23. The van der Waals surface area contributed by atoms with Gasteiger partial charge < -0.3 is 9.73 Å². The smallest absolute Gasteiger partial charge is 0.255 e. The summed E-state index contributed by atoms with van der Waals surface area (Å²) in [6.45, 7) is 7.85. The standard InChI is InChI=1S/C20H22ClN3O2/c1-12(2)19-17(11-22-24(19)16-7-5-6-15(21)10-16)20(25)23-14(4)18-9-8-13(3)26-18/h5-12,14H,1-4H3,(H,23,25). The molecule has 6 heteroatoms. The number of amides is 1. The molecule has 0 fully saturated rings. The van der Waals surface area contributed by atoms with Gasteiger partial charge in [0.05, 0.1) is 29.2 Å². The second-order valence-electron chi connectivity index (χ2n) is 6.63. The minimum atomic E-state index is -0.231. The van der Waals surface area contributed by atoms with Gasteiger partial charge in [0.15, 0.2) is 0 Å². The zero-order valence-corrected chi connectivity index (χ0v) is 16.0. The van der Waals surface area contributed by atoms with Crippen molar-refractivity contribution >= 4 is 17.5 Å². The molecule has 1 atom stereocenters. The third-order valence-electron chi connectivity index (χ3n) is 4.19. The minimum absolute atomic E-state index is 0.110. The zero-order chi connectivity index (χ0) is 18.8. The fourth-order valence-electron chi connectivity index (χ4n) is 2.93. The van der Waals surface area contributed by atoms with Crippen LogP contribution in [0.25, 0.3) is 5.69 Å². The van der Waals surface area contributed by atoms with Crippen molar-refractivity contribution in [3.8, 4) is 5.69 Å². The van der Waals surface area contributed by atoms with Gasteiger partial charge in [-0.15, -0.1) is 0 Å². The number of hydrogen-bond acceptors (Lipinski definition) is 3. The molecule has 1 aromatic carbocycles. The first-order chi connectivity index (χ1) is 12.4. The Labute approximate surface area is 158 Å². The van der Waals surface area contributed by atoms with Crippen LogP contribution in [0.5, 0.6) is 0 Å². The Hall–Kier alpha value is -2.53. The maximum Gasteiger partial charge on any atom is 0.255 e. The fourth-order valence-corrected chi connectivity index (χ4v) is 3.12. The van der Waals surface area contributed by atoms with Gasteiger partial charge in [-0.1, -0.05) is 31.5 Å². The van der Waals surface area contributed by atoms with Crippen LogP contribution in [0.4, 0.5) is 0 Å². The van der Waals surface area contributed by atoms with Crippen LogP contribution in [0.1, 0.15) is 60.3 Å². The minimum Gasteiger partial charge on any atom is -0.464 e. The number of aryl methyl sites for hydroxylation is 1. The fraction of sp³-hybridized carbons (Fsp3) is 0.300. The Morgan fingerprint density at radius 2 is 2.00 bits per heavy atom. The topological polar surface area (TPSA) is 60.1 Å². The lowest BCUT2D eigenvalue weighted by Gasteiger charge is -2.15. The largest absolute Gasteiger partial charge is 0.464 e. The molecule has 26 heavy (non-hydrogen) atoms. The molecule has 0 spiro atoms. The van der Waals surface area contributed by atoms with Crippen molar-refractivity contribution in [3.05, 3.63) is 70.4 Å². The monoisotopic (exact) mass is 371 g/mol. The summed E-state index contributed by atoms with van der Waals surface area (Å²) in [5.41, 5.74) is 2.22. The molecule has 0 radical (unpaired) electrons. The van der Waals surface area contributed by atoms with Gasteiger partial charge in [0.25, 0.3) is 5.91 Å². The van der Waals surface area contributed by atoms with Crippen molar-refractivity contribution in [3.63, 3.8) is 0 Å². The summed E-state index contributed by atoms with van der Waals surface area (Å²) in [5, 5.41) is 8.04. The van der Waals surface area contributed by atoms with Gasteiger partial charge in [-0.25, -0.2) is 4.68 Å². The lowest BCUT2D eigenvalue weighted by molar-refractivity contribution is 0.0933. The molecule has 1 N–H and O–H groups in total. The van der Waals surface area contributed by atoms with E-state index in [4.69, 9.17) is 16.0 Å². The van der Waals surface area contributed by atoms with Crippen LogP contribution in [0.3, 0.4) is 0 Å². The highest BCUT2D eigenvalue weighted by atomic mass is 35.5. The van der Waals surface area contributed by atoms with E-state index in [0.29, 0.717) is 10.6 Å². The van der Waals surface area contributed by atoms with Crippen LogP contribution in [0.2, 0.25) is 5.02 Å². The molecule has 0 aliphatic heterocycles. The summed E-state index contributed by atoms with van der Waals surface area (Å²) >= 11 is 6.10. The number of benzene rings is 1. The summed E-state index contributed by atoms with van der Waals surface area (Å²) < 4.78 is 7.37. The molecule has 5 nitrogen and oxygen atoms in total. The SMILES string of the molecule is Cc1ccc(C(C)NC(=O)c2cnn(-c3cccc(Cl)c3)c2C(C)C)o1. The molecule has 1 amide bonds. The van der Waals surface area contributed by atoms with E-state index in [9.17, 15) is 4.79 Å². The number of rotatable bonds is 5. The molecule has 3 rings (SSSR count). The van der Waals surface area contributed by atoms with Crippen molar-refractivity contribution < 1.29 is 9.21 Å². The maximum absolute atomic E-state index is 12.8. The normalized spacial score (nSPS) is 12.4. The summed E-state index contributed by atoms with van der Waals surface area (Å²) in [4.78, 5) is 12.8. The quantitative estimate of drug-likeness (QED) is 0.683. The number of halogens is 1. The molecule has 1 unspecified atom stereocenters. The average molecular weight is 372 g/mol. The molecule has 136 valence electrons. The molecule has 0 bridgehead atoms. The van der Waals surface area contributed by atoms with Crippen LogP contribution in [-0.4, -0.2) is 15.7 Å². The van der Waals surface area contributed by atoms with E-state index >= 15 is 0 Å². The van der Waals surface area contributed by atoms with Crippen LogP contribution in [-0.2, 0) is 0 Å². The summed E-state index contributed by atoms with van der Waals surface area (Å²) in [5.74, 6) is 1.48. The number of furan rings is 1. The molecular formula is C20H22ClN3O2. The van der Waals surface area contributed by atoms with Gasteiger partial charge in [-0.2, -0.15) is 5.10 Å². The Bertz CT molecular complexity index is 927. The van der Waals surface area contributed by atoms with Gasteiger partial charge in [-0.3, -0.25) is 4.79 Å². The lowest BCUT2D eigenvalue weighted by atomic mass is 10.0. The first kappa shape index (κ1) is 18.3. The first-order valence-electron chi connectivity index (χ1n) is 8.58. The van der Waals surface area contributed by atoms with E-state index < -0.39 is 0 Å². The molecule has 0 saturated heterocycles. The van der Waals surface area contributed by atoms with Crippen LogP contribution in [0, 0.1) is 6.92 Å². The van der Waals surface area contributed by atoms with Gasteiger partial charge >= 0.3 is 0 Å². The van der Waals surface area contributed by atoms with Crippen LogP contribution < -0.4 is 5.32 Å². The third-order valence-corrected chi connectivity index (χ3v) is 4.42. The summed E-state index contributed by atoms with van der Waals surface area (Å²) in [7, 11) is 0. The molecule has 2 heterocycles. The number of carbonyl (C=O) groups is 1. The highest BCUT2D eigenvalue weighted by Crippen LogP contribution is 2.25. The number of aromatic nitrogens is 2. The molecular weight excluding hydrogens is 350 g/mol. The van der Waals surface area contributed by atoms with E-state index in [1.165, 1.54) is 0 Å². The van der Waals surface area contributed by atoms with Crippen molar-refractivity contribution in [1.82, 2.24) is 15.1 Å². The van der Waals surface area contributed by atoms with Gasteiger partial charge in [0, 0.05) is 5.02 Å². The molecule has 2 aromatic heterocycles. The third kappa shape index (κ3) is 3.68. The van der Waals surface area contributed by atoms with E-state index in [1.807, 2.05) is 64.1 Å². The summed E-state index contributed by atoms with van der Waals surface area (Å²) in [6, 6.07) is 10.9. The highest BCUT2D eigenvalue weighted by molar-refractivity contribution is 6.30. The zero-order valence-electron chi connectivity index (χ0n) is 15.3. The van der Waals surface area contributed by atoms with E-state index in [0.717, 1.165) is 22.9 Å². The number of hydrogen-bond donors (Lipinski definition) is 1. The van der Waals surface area contributed by atoms with Gasteiger partial charge in [-0.05, 0) is 50.1 Å².